The molecule has 1 aromatic heterocycles. The molecule has 0 bridgehead atoms. The molecule has 0 aliphatic heterocycles. The van der Waals surface area contributed by atoms with E-state index in [0.29, 0.717) is 6.54 Å². The first-order chi connectivity index (χ1) is 7.77. The highest BCUT2D eigenvalue weighted by Gasteiger charge is 2.15. The zero-order valence-electron chi connectivity index (χ0n) is 9.95. The summed E-state index contributed by atoms with van der Waals surface area (Å²) in [6.07, 6.45) is 3.67. The maximum absolute atomic E-state index is 11.3. The molecule has 0 aliphatic carbocycles. The lowest BCUT2D eigenvalue weighted by atomic mass is 10.1. The van der Waals surface area contributed by atoms with Gasteiger partial charge in [0, 0.05) is 25.0 Å². The van der Waals surface area contributed by atoms with Crippen LogP contribution in [0.25, 0.3) is 0 Å². The molecule has 0 radical (unpaired) electrons. The highest BCUT2D eigenvalue weighted by molar-refractivity contribution is 5.72. The normalized spacial score (nSPS) is 12.4. The summed E-state index contributed by atoms with van der Waals surface area (Å²) in [4.78, 5) is 14.4. The highest BCUT2D eigenvalue weighted by Crippen LogP contribution is 2.03. The van der Waals surface area contributed by atoms with Gasteiger partial charge in [-0.2, -0.15) is 0 Å². The van der Waals surface area contributed by atoms with Crippen LogP contribution in [-0.2, 0) is 16.0 Å². The number of carbonyl (C=O) groups excluding carboxylic acids is 1. The molecule has 1 atom stereocenters. The molecular formula is C12H20N2O2. The molecule has 4 heteroatoms. The summed E-state index contributed by atoms with van der Waals surface area (Å²) < 4.78 is 4.72. The number of methoxy groups -OCH3 is 1. The molecule has 16 heavy (non-hydrogen) atoms. The molecule has 4 nitrogen and oxygen atoms in total. The van der Waals surface area contributed by atoms with Gasteiger partial charge in [-0.05, 0) is 25.0 Å². The second-order valence-corrected chi connectivity index (χ2v) is 3.78. The summed E-state index contributed by atoms with van der Waals surface area (Å²) >= 11 is 0. The van der Waals surface area contributed by atoms with Crippen molar-refractivity contribution in [2.24, 2.45) is 5.92 Å². The second-order valence-electron chi connectivity index (χ2n) is 3.78. The van der Waals surface area contributed by atoms with Gasteiger partial charge >= 0.3 is 5.97 Å². The SMILES string of the molecule is CCC(CNCCc1ccc[nH]1)C(=O)OC. The van der Waals surface area contributed by atoms with Crippen LogP contribution in [0.1, 0.15) is 19.0 Å². The quantitative estimate of drug-likeness (QED) is 0.543. The van der Waals surface area contributed by atoms with Crippen LogP contribution in [0, 0.1) is 5.92 Å². The summed E-state index contributed by atoms with van der Waals surface area (Å²) in [5.74, 6) is -0.163. The van der Waals surface area contributed by atoms with Crippen molar-refractivity contribution >= 4 is 5.97 Å². The lowest BCUT2D eigenvalue weighted by molar-refractivity contribution is -0.145. The van der Waals surface area contributed by atoms with Crippen molar-refractivity contribution in [2.75, 3.05) is 20.2 Å². The number of aromatic nitrogens is 1. The minimum absolute atomic E-state index is 0.0337. The largest absolute Gasteiger partial charge is 0.469 e. The lowest BCUT2D eigenvalue weighted by Crippen LogP contribution is -2.30. The van der Waals surface area contributed by atoms with Gasteiger partial charge in [-0.15, -0.1) is 0 Å². The zero-order chi connectivity index (χ0) is 11.8. The minimum atomic E-state index is -0.130. The highest BCUT2D eigenvalue weighted by atomic mass is 16.5. The molecule has 1 aromatic rings. The zero-order valence-corrected chi connectivity index (χ0v) is 9.95. The Balaban J connectivity index is 2.16. The van der Waals surface area contributed by atoms with Crippen molar-refractivity contribution in [1.29, 1.82) is 0 Å². The van der Waals surface area contributed by atoms with E-state index in [1.165, 1.54) is 12.8 Å². The van der Waals surface area contributed by atoms with E-state index in [-0.39, 0.29) is 11.9 Å². The second kappa shape index (κ2) is 7.06. The third kappa shape index (κ3) is 4.06. The predicted molar refractivity (Wildman–Crippen MR) is 63.2 cm³/mol. The van der Waals surface area contributed by atoms with E-state index in [0.717, 1.165) is 19.4 Å². The van der Waals surface area contributed by atoms with Crippen molar-refractivity contribution in [3.8, 4) is 0 Å². The van der Waals surface area contributed by atoms with Crippen LogP contribution < -0.4 is 5.32 Å². The van der Waals surface area contributed by atoms with E-state index in [1.807, 2.05) is 19.2 Å². The molecule has 0 fully saturated rings. The van der Waals surface area contributed by atoms with Gasteiger partial charge in [0.2, 0.25) is 0 Å². The standard InChI is InChI=1S/C12H20N2O2/c1-3-10(12(15)16-2)9-13-8-6-11-5-4-7-14-11/h4-5,7,10,13-14H,3,6,8-9H2,1-2H3. The molecule has 1 heterocycles. The fraction of sp³-hybridized carbons (Fsp3) is 0.583. The van der Waals surface area contributed by atoms with Gasteiger partial charge < -0.3 is 15.0 Å². The summed E-state index contributed by atoms with van der Waals surface area (Å²) in [6.45, 7) is 3.55. The molecule has 1 rings (SSSR count). The molecule has 0 aliphatic rings. The van der Waals surface area contributed by atoms with Crippen LogP contribution in [0.4, 0.5) is 0 Å². The van der Waals surface area contributed by atoms with Gasteiger partial charge in [0.25, 0.3) is 0 Å². The average molecular weight is 224 g/mol. The van der Waals surface area contributed by atoms with Crippen LogP contribution >= 0.6 is 0 Å². The van der Waals surface area contributed by atoms with E-state index in [1.54, 1.807) is 0 Å². The summed E-state index contributed by atoms with van der Waals surface area (Å²) in [6, 6.07) is 4.04. The molecule has 0 saturated carbocycles. The van der Waals surface area contributed by atoms with Crippen LogP contribution in [0.15, 0.2) is 18.3 Å². The Bertz CT molecular complexity index is 296. The molecule has 0 saturated heterocycles. The number of hydrogen-bond acceptors (Lipinski definition) is 3. The first-order valence-corrected chi connectivity index (χ1v) is 5.68. The van der Waals surface area contributed by atoms with Crippen molar-refractivity contribution in [1.82, 2.24) is 10.3 Å². The number of rotatable bonds is 7. The summed E-state index contributed by atoms with van der Waals surface area (Å²) in [5.41, 5.74) is 1.21. The third-order valence-corrected chi connectivity index (χ3v) is 2.65. The first kappa shape index (κ1) is 12.8. The molecule has 0 spiro atoms. The maximum Gasteiger partial charge on any atom is 0.309 e. The van der Waals surface area contributed by atoms with Crippen molar-refractivity contribution in [3.05, 3.63) is 24.0 Å². The van der Waals surface area contributed by atoms with Gasteiger partial charge in [0.15, 0.2) is 0 Å². The fourth-order valence-electron chi connectivity index (χ4n) is 1.58. The molecule has 2 N–H and O–H groups in total. The predicted octanol–water partition coefficient (Wildman–Crippen LogP) is 1.35. The Labute approximate surface area is 96.4 Å². The number of esters is 1. The van der Waals surface area contributed by atoms with E-state index in [2.05, 4.69) is 16.4 Å². The number of carbonyl (C=O) groups is 1. The first-order valence-electron chi connectivity index (χ1n) is 5.68. The van der Waals surface area contributed by atoms with Crippen molar-refractivity contribution in [2.45, 2.75) is 19.8 Å². The van der Waals surface area contributed by atoms with E-state index >= 15 is 0 Å². The van der Waals surface area contributed by atoms with Crippen LogP contribution in [0.5, 0.6) is 0 Å². The van der Waals surface area contributed by atoms with Gasteiger partial charge in [0.1, 0.15) is 0 Å². The van der Waals surface area contributed by atoms with E-state index < -0.39 is 0 Å². The maximum atomic E-state index is 11.3. The van der Waals surface area contributed by atoms with Crippen molar-refractivity contribution in [3.63, 3.8) is 0 Å². The van der Waals surface area contributed by atoms with Gasteiger partial charge in [-0.3, -0.25) is 4.79 Å². The molecule has 90 valence electrons. The summed E-state index contributed by atoms with van der Waals surface area (Å²) in [5, 5.41) is 3.27. The Morgan fingerprint density at radius 1 is 1.62 bits per heavy atom. The Hall–Kier alpha value is -1.29. The topological polar surface area (TPSA) is 54.1 Å². The smallest absolute Gasteiger partial charge is 0.309 e. The summed E-state index contributed by atoms with van der Waals surface area (Å²) in [7, 11) is 1.43. The number of aromatic amines is 1. The average Bonchev–Trinajstić information content (AvgIpc) is 2.81. The molecule has 1 unspecified atom stereocenters. The molecule has 0 aromatic carbocycles. The number of ether oxygens (including phenoxy) is 1. The Morgan fingerprint density at radius 3 is 3.00 bits per heavy atom. The van der Waals surface area contributed by atoms with Gasteiger partial charge in [0.05, 0.1) is 13.0 Å². The monoisotopic (exact) mass is 224 g/mol. The number of nitrogens with one attached hydrogen (secondary N) is 2. The fourth-order valence-corrected chi connectivity index (χ4v) is 1.58. The van der Waals surface area contributed by atoms with Gasteiger partial charge in [-0.1, -0.05) is 6.92 Å². The molecular weight excluding hydrogens is 204 g/mol. The third-order valence-electron chi connectivity index (χ3n) is 2.65. The van der Waals surface area contributed by atoms with Crippen molar-refractivity contribution < 1.29 is 9.53 Å². The van der Waals surface area contributed by atoms with E-state index in [4.69, 9.17) is 4.74 Å². The van der Waals surface area contributed by atoms with E-state index in [9.17, 15) is 4.79 Å². The minimum Gasteiger partial charge on any atom is -0.469 e. The van der Waals surface area contributed by atoms with Crippen LogP contribution in [0.2, 0.25) is 0 Å². The number of H-pyrrole nitrogens is 1. The number of hydrogen-bond donors (Lipinski definition) is 2. The lowest BCUT2D eigenvalue weighted by Gasteiger charge is -2.12. The van der Waals surface area contributed by atoms with Crippen LogP contribution in [-0.4, -0.2) is 31.2 Å². The Morgan fingerprint density at radius 2 is 2.44 bits per heavy atom. The van der Waals surface area contributed by atoms with Crippen LogP contribution in [0.3, 0.4) is 0 Å². The van der Waals surface area contributed by atoms with Gasteiger partial charge in [-0.25, -0.2) is 0 Å². The molecule has 0 amide bonds. The Kier molecular flexibility index (Phi) is 5.64.